The van der Waals surface area contributed by atoms with Gasteiger partial charge in [0.25, 0.3) is 0 Å². The van der Waals surface area contributed by atoms with E-state index in [4.69, 9.17) is 17.3 Å². The number of halogens is 2. The predicted octanol–water partition coefficient (Wildman–Crippen LogP) is 4.70. The first-order valence-corrected chi connectivity index (χ1v) is 7.08. The Bertz CT molecular complexity index is 357. The third-order valence-corrected chi connectivity index (χ3v) is 4.50. The molecular weight excluding hydrogens is 265 g/mol. The molecule has 1 aliphatic carbocycles. The van der Waals surface area contributed by atoms with Gasteiger partial charge in [0, 0.05) is 16.5 Å². The highest BCUT2D eigenvalue weighted by Crippen LogP contribution is 2.47. The van der Waals surface area contributed by atoms with Crippen LogP contribution in [0.15, 0.2) is 24.3 Å². The van der Waals surface area contributed by atoms with E-state index in [9.17, 15) is 0 Å². The van der Waals surface area contributed by atoms with E-state index in [1.165, 1.54) is 37.7 Å². The largest absolute Gasteiger partial charge is 0.327 e. The van der Waals surface area contributed by atoms with Gasteiger partial charge in [0.1, 0.15) is 0 Å². The van der Waals surface area contributed by atoms with Crippen molar-refractivity contribution in [1.82, 2.24) is 0 Å². The first-order chi connectivity index (χ1) is 8.19. The molecule has 0 heterocycles. The van der Waals surface area contributed by atoms with Gasteiger partial charge in [-0.1, -0.05) is 49.9 Å². The Morgan fingerprint density at radius 1 is 1.28 bits per heavy atom. The molecule has 0 bridgehead atoms. The van der Waals surface area contributed by atoms with Crippen LogP contribution in [0, 0.1) is 0 Å². The lowest BCUT2D eigenvalue weighted by Crippen LogP contribution is -2.50. The average molecular weight is 288 g/mol. The maximum atomic E-state index is 6.44. The minimum absolute atomic E-state index is 0. The summed E-state index contributed by atoms with van der Waals surface area (Å²) >= 11 is 5.95. The lowest BCUT2D eigenvalue weighted by atomic mass is 9.59. The molecule has 0 saturated heterocycles. The molecular formula is C15H23Cl2N. The predicted molar refractivity (Wildman–Crippen MR) is 81.7 cm³/mol. The van der Waals surface area contributed by atoms with Crippen LogP contribution in [0.1, 0.15) is 51.0 Å². The van der Waals surface area contributed by atoms with Crippen molar-refractivity contribution < 1.29 is 0 Å². The second kappa shape index (κ2) is 6.79. The molecule has 0 aliphatic heterocycles. The number of benzene rings is 1. The Balaban J connectivity index is 0.00000162. The molecule has 18 heavy (non-hydrogen) atoms. The zero-order chi connectivity index (χ0) is 12.3. The van der Waals surface area contributed by atoms with E-state index >= 15 is 0 Å². The SMILES string of the molecule is CCCCC(N)C1(c2ccc(Cl)cc2)CCC1.Cl. The minimum atomic E-state index is 0. The molecule has 0 amide bonds. The van der Waals surface area contributed by atoms with E-state index in [-0.39, 0.29) is 17.8 Å². The van der Waals surface area contributed by atoms with Crippen molar-refractivity contribution >= 4 is 24.0 Å². The molecule has 1 fully saturated rings. The Labute approximate surface area is 122 Å². The monoisotopic (exact) mass is 287 g/mol. The highest BCUT2D eigenvalue weighted by Gasteiger charge is 2.43. The van der Waals surface area contributed by atoms with Gasteiger partial charge in [0.2, 0.25) is 0 Å². The van der Waals surface area contributed by atoms with Crippen molar-refractivity contribution in [3.8, 4) is 0 Å². The highest BCUT2D eigenvalue weighted by atomic mass is 35.5. The summed E-state index contributed by atoms with van der Waals surface area (Å²) in [7, 11) is 0. The molecule has 1 aromatic carbocycles. The van der Waals surface area contributed by atoms with Gasteiger partial charge in [0.05, 0.1) is 0 Å². The Morgan fingerprint density at radius 3 is 2.33 bits per heavy atom. The molecule has 1 nitrogen and oxygen atoms in total. The van der Waals surface area contributed by atoms with E-state index in [1.807, 2.05) is 12.1 Å². The second-order valence-electron chi connectivity index (χ2n) is 5.27. The summed E-state index contributed by atoms with van der Waals surface area (Å²) in [5.41, 5.74) is 8.06. The van der Waals surface area contributed by atoms with Crippen LogP contribution in [0.3, 0.4) is 0 Å². The van der Waals surface area contributed by atoms with Gasteiger partial charge in [-0.15, -0.1) is 12.4 Å². The van der Waals surface area contributed by atoms with E-state index in [0.29, 0.717) is 6.04 Å². The average Bonchev–Trinajstić information content (AvgIpc) is 2.27. The molecule has 1 aliphatic rings. The fraction of sp³-hybridized carbons (Fsp3) is 0.600. The normalized spacial score (nSPS) is 18.6. The number of hydrogen-bond acceptors (Lipinski definition) is 1. The van der Waals surface area contributed by atoms with Crippen LogP contribution in [0.25, 0.3) is 0 Å². The van der Waals surface area contributed by atoms with Gasteiger partial charge in [-0.25, -0.2) is 0 Å². The Morgan fingerprint density at radius 2 is 1.89 bits per heavy atom. The lowest BCUT2D eigenvalue weighted by molar-refractivity contribution is 0.186. The van der Waals surface area contributed by atoms with Crippen LogP contribution in [-0.2, 0) is 5.41 Å². The second-order valence-corrected chi connectivity index (χ2v) is 5.70. The van der Waals surface area contributed by atoms with Crippen molar-refractivity contribution in [1.29, 1.82) is 0 Å². The summed E-state index contributed by atoms with van der Waals surface area (Å²) in [5, 5.41) is 0.811. The van der Waals surface area contributed by atoms with E-state index in [2.05, 4.69) is 19.1 Å². The van der Waals surface area contributed by atoms with E-state index < -0.39 is 0 Å². The molecule has 1 atom stereocenters. The highest BCUT2D eigenvalue weighted by molar-refractivity contribution is 6.30. The number of hydrogen-bond donors (Lipinski definition) is 1. The molecule has 102 valence electrons. The van der Waals surface area contributed by atoms with Crippen molar-refractivity contribution in [3.63, 3.8) is 0 Å². The molecule has 1 aromatic rings. The molecule has 0 spiro atoms. The third kappa shape index (κ3) is 3.01. The van der Waals surface area contributed by atoms with Gasteiger partial charge in [-0.3, -0.25) is 0 Å². The van der Waals surface area contributed by atoms with Crippen LogP contribution in [0.2, 0.25) is 5.02 Å². The third-order valence-electron chi connectivity index (χ3n) is 4.24. The van der Waals surface area contributed by atoms with Gasteiger partial charge in [-0.05, 0) is 37.0 Å². The zero-order valence-corrected chi connectivity index (χ0v) is 12.6. The van der Waals surface area contributed by atoms with Crippen molar-refractivity contribution in [2.24, 2.45) is 5.73 Å². The Hall–Kier alpha value is -0.240. The van der Waals surface area contributed by atoms with E-state index in [0.717, 1.165) is 11.4 Å². The maximum absolute atomic E-state index is 6.44. The molecule has 3 heteroatoms. The number of nitrogens with two attached hydrogens (primary N) is 1. The summed E-state index contributed by atoms with van der Waals surface area (Å²) in [6.07, 6.45) is 7.38. The van der Waals surface area contributed by atoms with Crippen molar-refractivity contribution in [2.45, 2.75) is 56.9 Å². The molecule has 1 saturated carbocycles. The van der Waals surface area contributed by atoms with Gasteiger partial charge in [-0.2, -0.15) is 0 Å². The fourth-order valence-electron chi connectivity index (χ4n) is 2.91. The first kappa shape index (κ1) is 15.8. The standard InChI is InChI=1S/C15H22ClN.ClH/c1-2-3-5-14(17)15(10-4-11-15)12-6-8-13(16)9-7-12;/h6-9,14H,2-5,10-11,17H2,1H3;1H. The lowest BCUT2D eigenvalue weighted by Gasteiger charge is -2.47. The number of unbranched alkanes of at least 4 members (excludes halogenated alkanes) is 1. The van der Waals surface area contributed by atoms with Crippen LogP contribution < -0.4 is 5.73 Å². The summed E-state index contributed by atoms with van der Waals surface area (Å²) in [6.45, 7) is 2.22. The first-order valence-electron chi connectivity index (χ1n) is 6.70. The van der Waals surface area contributed by atoms with Crippen LogP contribution in [-0.4, -0.2) is 6.04 Å². The summed E-state index contributed by atoms with van der Waals surface area (Å²) in [4.78, 5) is 0. The molecule has 2 N–H and O–H groups in total. The number of rotatable bonds is 5. The summed E-state index contributed by atoms with van der Waals surface area (Å²) in [6, 6.07) is 8.60. The van der Waals surface area contributed by atoms with Gasteiger partial charge >= 0.3 is 0 Å². The van der Waals surface area contributed by atoms with Crippen LogP contribution in [0.4, 0.5) is 0 Å². The van der Waals surface area contributed by atoms with Gasteiger partial charge < -0.3 is 5.73 Å². The molecule has 0 aromatic heterocycles. The summed E-state index contributed by atoms with van der Waals surface area (Å²) < 4.78 is 0. The quantitative estimate of drug-likeness (QED) is 0.835. The van der Waals surface area contributed by atoms with Gasteiger partial charge in [0.15, 0.2) is 0 Å². The molecule has 0 radical (unpaired) electrons. The summed E-state index contributed by atoms with van der Waals surface area (Å²) in [5.74, 6) is 0. The van der Waals surface area contributed by atoms with E-state index in [1.54, 1.807) is 0 Å². The fourth-order valence-corrected chi connectivity index (χ4v) is 3.04. The van der Waals surface area contributed by atoms with Crippen molar-refractivity contribution in [3.05, 3.63) is 34.9 Å². The van der Waals surface area contributed by atoms with Crippen LogP contribution in [0.5, 0.6) is 0 Å². The smallest absolute Gasteiger partial charge is 0.0406 e. The molecule has 1 unspecified atom stereocenters. The topological polar surface area (TPSA) is 26.0 Å². The zero-order valence-electron chi connectivity index (χ0n) is 11.0. The Kier molecular flexibility index (Phi) is 5.97. The van der Waals surface area contributed by atoms with Crippen LogP contribution >= 0.6 is 24.0 Å². The molecule has 2 rings (SSSR count). The van der Waals surface area contributed by atoms with Crippen molar-refractivity contribution in [2.75, 3.05) is 0 Å². The minimum Gasteiger partial charge on any atom is -0.327 e. The maximum Gasteiger partial charge on any atom is 0.0406 e.